The molecule has 0 radical (unpaired) electrons. The van der Waals surface area contributed by atoms with E-state index in [9.17, 15) is 4.79 Å². The molecule has 0 aliphatic rings. The van der Waals surface area contributed by atoms with Gasteiger partial charge < -0.3 is 16.0 Å². The fraction of sp³-hybridized carbons (Fsp3) is 0.231. The van der Waals surface area contributed by atoms with Crippen molar-refractivity contribution in [2.24, 2.45) is 5.73 Å². The normalized spacial score (nSPS) is 12.1. The molecule has 1 amide bonds. The SMILES string of the molecule is NC(C(=O)NCCc1c[nH]cn1)c1ccccc1. The minimum atomic E-state index is -0.620. The van der Waals surface area contributed by atoms with E-state index in [0.717, 1.165) is 11.3 Å². The van der Waals surface area contributed by atoms with Crippen LogP contribution in [-0.4, -0.2) is 22.4 Å². The van der Waals surface area contributed by atoms with Crippen molar-refractivity contribution in [1.82, 2.24) is 15.3 Å². The van der Waals surface area contributed by atoms with Crippen LogP contribution in [0, 0.1) is 0 Å². The minimum absolute atomic E-state index is 0.170. The summed E-state index contributed by atoms with van der Waals surface area (Å²) in [4.78, 5) is 18.8. The summed E-state index contributed by atoms with van der Waals surface area (Å²) in [5, 5.41) is 2.80. The van der Waals surface area contributed by atoms with Crippen LogP contribution in [0.4, 0.5) is 0 Å². The molecule has 5 nitrogen and oxygen atoms in total. The van der Waals surface area contributed by atoms with Crippen molar-refractivity contribution >= 4 is 5.91 Å². The van der Waals surface area contributed by atoms with Crippen LogP contribution in [0.15, 0.2) is 42.9 Å². The van der Waals surface area contributed by atoms with Crippen molar-refractivity contribution in [1.29, 1.82) is 0 Å². The summed E-state index contributed by atoms with van der Waals surface area (Å²) in [6.07, 6.45) is 4.12. The van der Waals surface area contributed by atoms with Gasteiger partial charge in [-0.3, -0.25) is 4.79 Å². The van der Waals surface area contributed by atoms with Gasteiger partial charge in [0.05, 0.1) is 12.0 Å². The number of nitrogens with one attached hydrogen (secondary N) is 2. The molecule has 0 saturated carbocycles. The van der Waals surface area contributed by atoms with E-state index in [0.29, 0.717) is 13.0 Å². The van der Waals surface area contributed by atoms with E-state index >= 15 is 0 Å². The minimum Gasteiger partial charge on any atom is -0.354 e. The van der Waals surface area contributed by atoms with Gasteiger partial charge in [0.1, 0.15) is 6.04 Å². The van der Waals surface area contributed by atoms with Gasteiger partial charge in [-0.15, -0.1) is 0 Å². The van der Waals surface area contributed by atoms with Crippen LogP contribution in [0.25, 0.3) is 0 Å². The molecule has 5 heteroatoms. The maximum atomic E-state index is 11.8. The van der Waals surface area contributed by atoms with E-state index in [1.54, 1.807) is 6.33 Å². The second kappa shape index (κ2) is 5.97. The van der Waals surface area contributed by atoms with E-state index in [-0.39, 0.29) is 5.91 Å². The third kappa shape index (κ3) is 3.18. The Kier molecular flexibility index (Phi) is 4.09. The van der Waals surface area contributed by atoms with Gasteiger partial charge in [0.2, 0.25) is 5.91 Å². The Labute approximate surface area is 105 Å². The number of nitrogens with zero attached hydrogens (tertiary/aromatic N) is 1. The first-order chi connectivity index (χ1) is 8.77. The lowest BCUT2D eigenvalue weighted by molar-refractivity contribution is -0.122. The average Bonchev–Trinajstić information content (AvgIpc) is 2.92. The van der Waals surface area contributed by atoms with E-state index in [1.807, 2.05) is 36.5 Å². The summed E-state index contributed by atoms with van der Waals surface area (Å²) in [5.74, 6) is -0.170. The number of aromatic amines is 1. The zero-order valence-electron chi connectivity index (χ0n) is 9.97. The lowest BCUT2D eigenvalue weighted by Gasteiger charge is -2.11. The van der Waals surface area contributed by atoms with E-state index in [2.05, 4.69) is 15.3 Å². The van der Waals surface area contributed by atoms with Crippen molar-refractivity contribution in [3.63, 3.8) is 0 Å². The maximum Gasteiger partial charge on any atom is 0.241 e. The number of amides is 1. The maximum absolute atomic E-state index is 11.8. The highest BCUT2D eigenvalue weighted by Gasteiger charge is 2.14. The number of hydrogen-bond acceptors (Lipinski definition) is 3. The number of nitrogens with two attached hydrogens (primary N) is 1. The van der Waals surface area contributed by atoms with Gasteiger partial charge in [-0.25, -0.2) is 4.98 Å². The van der Waals surface area contributed by atoms with Crippen LogP contribution in [0.3, 0.4) is 0 Å². The second-order valence-electron chi connectivity index (χ2n) is 3.99. The van der Waals surface area contributed by atoms with Crippen molar-refractivity contribution < 1.29 is 4.79 Å². The Hall–Kier alpha value is -2.14. The van der Waals surface area contributed by atoms with E-state index in [4.69, 9.17) is 5.73 Å². The Morgan fingerprint density at radius 1 is 1.39 bits per heavy atom. The number of hydrogen-bond donors (Lipinski definition) is 3. The first kappa shape index (κ1) is 12.3. The number of H-pyrrole nitrogens is 1. The fourth-order valence-electron chi connectivity index (χ4n) is 1.66. The highest BCUT2D eigenvalue weighted by Crippen LogP contribution is 2.08. The Bertz CT molecular complexity index is 481. The molecule has 1 heterocycles. The number of aromatic nitrogens is 2. The van der Waals surface area contributed by atoms with Gasteiger partial charge in [0.15, 0.2) is 0 Å². The molecule has 2 aromatic rings. The summed E-state index contributed by atoms with van der Waals surface area (Å²) in [7, 11) is 0. The third-order valence-corrected chi connectivity index (χ3v) is 2.68. The quantitative estimate of drug-likeness (QED) is 0.726. The first-order valence-corrected chi connectivity index (χ1v) is 5.83. The zero-order valence-corrected chi connectivity index (χ0v) is 9.97. The molecule has 0 bridgehead atoms. The highest BCUT2D eigenvalue weighted by molar-refractivity contribution is 5.82. The molecule has 0 fully saturated rings. The average molecular weight is 244 g/mol. The second-order valence-corrected chi connectivity index (χ2v) is 3.99. The molecule has 0 aliphatic carbocycles. The van der Waals surface area contributed by atoms with Crippen LogP contribution in [0.5, 0.6) is 0 Å². The predicted octanol–water partition coefficient (Wildman–Crippen LogP) is 0.768. The van der Waals surface area contributed by atoms with Crippen LogP contribution in [0.2, 0.25) is 0 Å². The van der Waals surface area contributed by atoms with Crippen molar-refractivity contribution in [3.05, 3.63) is 54.1 Å². The standard InChI is InChI=1S/C13H16N4O/c14-12(10-4-2-1-3-5-10)13(18)16-7-6-11-8-15-9-17-11/h1-5,8-9,12H,6-7,14H2,(H,15,17)(H,16,18). The van der Waals surface area contributed by atoms with Crippen LogP contribution >= 0.6 is 0 Å². The Morgan fingerprint density at radius 2 is 2.17 bits per heavy atom. The van der Waals surface area contributed by atoms with Crippen LogP contribution in [-0.2, 0) is 11.2 Å². The molecular formula is C13H16N4O. The molecule has 1 aromatic carbocycles. The highest BCUT2D eigenvalue weighted by atomic mass is 16.2. The van der Waals surface area contributed by atoms with Crippen molar-refractivity contribution in [2.75, 3.05) is 6.54 Å². The van der Waals surface area contributed by atoms with Crippen molar-refractivity contribution in [2.45, 2.75) is 12.5 Å². The Morgan fingerprint density at radius 3 is 2.83 bits per heavy atom. The van der Waals surface area contributed by atoms with Gasteiger partial charge >= 0.3 is 0 Å². The number of benzene rings is 1. The largest absolute Gasteiger partial charge is 0.354 e. The van der Waals surface area contributed by atoms with E-state index in [1.165, 1.54) is 0 Å². The monoisotopic (exact) mass is 244 g/mol. The zero-order chi connectivity index (χ0) is 12.8. The third-order valence-electron chi connectivity index (χ3n) is 2.68. The number of rotatable bonds is 5. The number of carbonyl (C=O) groups excluding carboxylic acids is 1. The molecular weight excluding hydrogens is 228 g/mol. The summed E-state index contributed by atoms with van der Waals surface area (Å²) in [6.45, 7) is 0.532. The Balaban J connectivity index is 1.81. The van der Waals surface area contributed by atoms with Crippen LogP contribution < -0.4 is 11.1 Å². The smallest absolute Gasteiger partial charge is 0.241 e. The number of carbonyl (C=O) groups is 1. The summed E-state index contributed by atoms with van der Waals surface area (Å²) >= 11 is 0. The van der Waals surface area contributed by atoms with Gasteiger partial charge in [-0.1, -0.05) is 30.3 Å². The fourth-order valence-corrected chi connectivity index (χ4v) is 1.66. The molecule has 0 spiro atoms. The molecule has 4 N–H and O–H groups in total. The summed E-state index contributed by atoms with van der Waals surface area (Å²) < 4.78 is 0. The molecule has 0 aliphatic heterocycles. The molecule has 18 heavy (non-hydrogen) atoms. The molecule has 1 aromatic heterocycles. The molecule has 0 saturated heterocycles. The lowest BCUT2D eigenvalue weighted by Crippen LogP contribution is -2.35. The van der Waals surface area contributed by atoms with Crippen molar-refractivity contribution in [3.8, 4) is 0 Å². The topological polar surface area (TPSA) is 83.8 Å². The van der Waals surface area contributed by atoms with Gasteiger partial charge in [0.25, 0.3) is 0 Å². The predicted molar refractivity (Wildman–Crippen MR) is 68.7 cm³/mol. The molecule has 1 unspecified atom stereocenters. The van der Waals surface area contributed by atoms with Gasteiger partial charge in [-0.2, -0.15) is 0 Å². The van der Waals surface area contributed by atoms with Gasteiger partial charge in [0, 0.05) is 19.2 Å². The summed E-state index contributed by atoms with van der Waals surface area (Å²) in [5.41, 5.74) is 7.60. The molecule has 2 rings (SSSR count). The van der Waals surface area contributed by atoms with Gasteiger partial charge in [-0.05, 0) is 5.56 Å². The van der Waals surface area contributed by atoms with E-state index < -0.39 is 6.04 Å². The van der Waals surface area contributed by atoms with Crippen LogP contribution in [0.1, 0.15) is 17.3 Å². The number of imidazole rings is 1. The molecule has 94 valence electrons. The lowest BCUT2D eigenvalue weighted by atomic mass is 10.1. The summed E-state index contributed by atoms with van der Waals surface area (Å²) in [6, 6.07) is 8.70. The molecule has 1 atom stereocenters. The first-order valence-electron chi connectivity index (χ1n) is 5.83.